The molecule has 2 rings (SSSR count). The van der Waals surface area contributed by atoms with Crippen LogP contribution in [0.3, 0.4) is 0 Å². The summed E-state index contributed by atoms with van der Waals surface area (Å²) in [5.74, 6) is 0.715. The van der Waals surface area contributed by atoms with E-state index in [0.29, 0.717) is 16.0 Å². The largest absolute Gasteiger partial charge is 0.339 e. The summed E-state index contributed by atoms with van der Waals surface area (Å²) >= 11 is 15.8. The van der Waals surface area contributed by atoms with Crippen molar-refractivity contribution in [2.75, 3.05) is 5.32 Å². The molecule has 0 amide bonds. The van der Waals surface area contributed by atoms with Crippen molar-refractivity contribution in [1.29, 1.82) is 0 Å². The highest BCUT2D eigenvalue weighted by Crippen LogP contribution is 2.32. The molecule has 0 atom stereocenters. The molecular weight excluding hydrogens is 361 g/mol. The van der Waals surface area contributed by atoms with Crippen molar-refractivity contribution in [2.45, 2.75) is 26.7 Å². The van der Waals surface area contributed by atoms with Crippen molar-refractivity contribution < 1.29 is 0 Å². The highest BCUT2D eigenvalue weighted by molar-refractivity contribution is 9.10. The second-order valence-electron chi connectivity index (χ2n) is 4.45. The van der Waals surface area contributed by atoms with Gasteiger partial charge in [0.05, 0.1) is 5.69 Å². The SMILES string of the molecule is CCCc1c(Cl)ncnc1Nc1cc(Cl)c(C)cc1Br. The molecule has 20 heavy (non-hydrogen) atoms. The molecule has 0 unspecified atom stereocenters. The van der Waals surface area contributed by atoms with Gasteiger partial charge in [0, 0.05) is 15.1 Å². The molecule has 0 bridgehead atoms. The average molecular weight is 375 g/mol. The molecule has 0 radical (unpaired) electrons. The van der Waals surface area contributed by atoms with Crippen LogP contribution in [0.4, 0.5) is 11.5 Å². The Morgan fingerprint density at radius 2 is 2.00 bits per heavy atom. The molecule has 106 valence electrons. The molecule has 0 fully saturated rings. The van der Waals surface area contributed by atoms with E-state index >= 15 is 0 Å². The van der Waals surface area contributed by atoms with Gasteiger partial charge in [-0.2, -0.15) is 0 Å². The number of aryl methyl sites for hydroxylation is 1. The summed E-state index contributed by atoms with van der Waals surface area (Å²) in [5.41, 5.74) is 2.78. The van der Waals surface area contributed by atoms with Gasteiger partial charge in [0.15, 0.2) is 0 Å². The van der Waals surface area contributed by atoms with Crippen LogP contribution < -0.4 is 5.32 Å². The standard InChI is InChI=1S/C14H14BrCl2N3/c1-3-4-9-13(17)18-7-19-14(9)20-12-6-11(16)8(2)5-10(12)15/h5-7H,3-4H2,1-2H3,(H,18,19,20). The Hall–Kier alpha value is -0.840. The van der Waals surface area contributed by atoms with Crippen molar-refractivity contribution in [1.82, 2.24) is 9.97 Å². The molecule has 6 heteroatoms. The maximum atomic E-state index is 6.16. The lowest BCUT2D eigenvalue weighted by molar-refractivity contribution is 0.904. The fourth-order valence-electron chi connectivity index (χ4n) is 1.84. The van der Waals surface area contributed by atoms with Crippen molar-refractivity contribution >= 4 is 50.6 Å². The van der Waals surface area contributed by atoms with E-state index in [4.69, 9.17) is 23.2 Å². The first-order valence-corrected chi connectivity index (χ1v) is 7.79. The van der Waals surface area contributed by atoms with Crippen LogP contribution >= 0.6 is 39.1 Å². The van der Waals surface area contributed by atoms with Crippen molar-refractivity contribution in [3.8, 4) is 0 Å². The molecule has 0 saturated heterocycles. The number of nitrogens with one attached hydrogen (secondary N) is 1. The Kier molecular flexibility index (Phi) is 5.24. The Morgan fingerprint density at radius 3 is 2.70 bits per heavy atom. The third-order valence-corrected chi connectivity index (χ3v) is 4.28. The fourth-order valence-corrected chi connectivity index (χ4v) is 2.79. The molecule has 0 spiro atoms. The highest BCUT2D eigenvalue weighted by Gasteiger charge is 2.11. The molecule has 3 nitrogen and oxygen atoms in total. The first-order valence-electron chi connectivity index (χ1n) is 6.25. The van der Waals surface area contributed by atoms with Crippen LogP contribution in [0.1, 0.15) is 24.5 Å². The van der Waals surface area contributed by atoms with Gasteiger partial charge in [0.2, 0.25) is 0 Å². The van der Waals surface area contributed by atoms with Gasteiger partial charge in [-0.1, -0.05) is 36.5 Å². The third-order valence-electron chi connectivity index (χ3n) is 2.89. The van der Waals surface area contributed by atoms with Crippen LogP contribution in [-0.2, 0) is 6.42 Å². The van der Waals surface area contributed by atoms with Crippen LogP contribution in [-0.4, -0.2) is 9.97 Å². The second-order valence-corrected chi connectivity index (χ2v) is 6.07. The maximum Gasteiger partial charge on any atom is 0.138 e. The van der Waals surface area contributed by atoms with Crippen molar-refractivity contribution in [3.05, 3.63) is 44.2 Å². The van der Waals surface area contributed by atoms with E-state index < -0.39 is 0 Å². The van der Waals surface area contributed by atoms with Gasteiger partial charge in [-0.25, -0.2) is 9.97 Å². The maximum absolute atomic E-state index is 6.16. The topological polar surface area (TPSA) is 37.8 Å². The van der Waals surface area contributed by atoms with Crippen molar-refractivity contribution in [2.24, 2.45) is 0 Å². The Labute approximate surface area is 136 Å². The zero-order valence-electron chi connectivity index (χ0n) is 11.2. The zero-order chi connectivity index (χ0) is 14.7. The van der Waals surface area contributed by atoms with Crippen LogP contribution in [0.15, 0.2) is 22.9 Å². The molecule has 1 aromatic heterocycles. The lowest BCUT2D eigenvalue weighted by Crippen LogP contribution is -2.02. The number of hydrogen-bond donors (Lipinski definition) is 1. The van der Waals surface area contributed by atoms with E-state index in [0.717, 1.165) is 34.1 Å². The Balaban J connectivity index is 2.40. The summed E-state index contributed by atoms with van der Waals surface area (Å²) in [4.78, 5) is 8.31. The monoisotopic (exact) mass is 373 g/mol. The van der Waals surface area contributed by atoms with Crippen LogP contribution in [0, 0.1) is 6.92 Å². The average Bonchev–Trinajstić information content (AvgIpc) is 2.40. The van der Waals surface area contributed by atoms with Gasteiger partial charge in [-0.05, 0) is 47.0 Å². The quantitative estimate of drug-likeness (QED) is 0.712. The third kappa shape index (κ3) is 3.43. The van der Waals surface area contributed by atoms with Crippen LogP contribution in [0.5, 0.6) is 0 Å². The smallest absolute Gasteiger partial charge is 0.138 e. The van der Waals surface area contributed by atoms with Crippen LogP contribution in [0.2, 0.25) is 10.2 Å². The summed E-state index contributed by atoms with van der Waals surface area (Å²) in [7, 11) is 0. The molecule has 0 aliphatic rings. The lowest BCUT2D eigenvalue weighted by Gasteiger charge is -2.13. The molecule has 1 N–H and O–H groups in total. The first-order chi connectivity index (χ1) is 9.52. The van der Waals surface area contributed by atoms with Gasteiger partial charge in [-0.3, -0.25) is 0 Å². The molecule has 0 aliphatic carbocycles. The van der Waals surface area contributed by atoms with E-state index in [1.165, 1.54) is 6.33 Å². The summed E-state index contributed by atoms with van der Waals surface area (Å²) in [6, 6.07) is 3.83. The minimum absolute atomic E-state index is 0.485. The number of halogens is 3. The van der Waals surface area contributed by atoms with E-state index in [-0.39, 0.29) is 0 Å². The van der Waals surface area contributed by atoms with Crippen LogP contribution in [0.25, 0.3) is 0 Å². The van der Waals surface area contributed by atoms with Gasteiger partial charge in [0.25, 0.3) is 0 Å². The predicted molar refractivity (Wildman–Crippen MR) is 88.2 cm³/mol. The van der Waals surface area contributed by atoms with E-state index in [9.17, 15) is 0 Å². The van der Waals surface area contributed by atoms with E-state index in [1.807, 2.05) is 19.1 Å². The molecular formula is C14H14BrCl2N3. The Bertz CT molecular complexity index is 632. The summed E-state index contributed by atoms with van der Waals surface area (Å²) < 4.78 is 0.927. The number of anilines is 2. The predicted octanol–water partition coefficient (Wildman–Crippen LogP) is 5.55. The Morgan fingerprint density at radius 1 is 1.25 bits per heavy atom. The van der Waals surface area contributed by atoms with Gasteiger partial charge >= 0.3 is 0 Å². The summed E-state index contributed by atoms with van der Waals surface area (Å²) in [6.07, 6.45) is 3.24. The number of nitrogens with zero attached hydrogens (tertiary/aromatic N) is 2. The van der Waals surface area contributed by atoms with Gasteiger partial charge in [0.1, 0.15) is 17.3 Å². The number of aromatic nitrogens is 2. The molecule has 1 aromatic carbocycles. The summed E-state index contributed by atoms with van der Waals surface area (Å²) in [5, 5.41) is 4.45. The van der Waals surface area contributed by atoms with Gasteiger partial charge < -0.3 is 5.32 Å². The number of hydrogen-bond acceptors (Lipinski definition) is 3. The fraction of sp³-hybridized carbons (Fsp3) is 0.286. The van der Waals surface area contributed by atoms with Crippen molar-refractivity contribution in [3.63, 3.8) is 0 Å². The minimum Gasteiger partial charge on any atom is -0.339 e. The zero-order valence-corrected chi connectivity index (χ0v) is 14.3. The normalized spacial score (nSPS) is 10.7. The molecule has 2 aromatic rings. The molecule has 0 saturated carbocycles. The minimum atomic E-state index is 0.485. The highest BCUT2D eigenvalue weighted by atomic mass is 79.9. The first kappa shape index (κ1) is 15.5. The number of benzene rings is 1. The number of rotatable bonds is 4. The summed E-state index contributed by atoms with van der Waals surface area (Å²) in [6.45, 7) is 4.05. The van der Waals surface area contributed by atoms with E-state index in [2.05, 4.69) is 38.1 Å². The second kappa shape index (κ2) is 6.74. The van der Waals surface area contributed by atoms with E-state index in [1.54, 1.807) is 0 Å². The van der Waals surface area contributed by atoms with Gasteiger partial charge in [-0.15, -0.1) is 0 Å². The molecule has 0 aliphatic heterocycles. The molecule has 1 heterocycles. The lowest BCUT2D eigenvalue weighted by atomic mass is 10.1.